The van der Waals surface area contributed by atoms with Crippen molar-refractivity contribution >= 4 is 23.2 Å². The van der Waals surface area contributed by atoms with Crippen molar-refractivity contribution in [1.29, 1.82) is 0 Å². The fourth-order valence-corrected chi connectivity index (χ4v) is 9.04. The second-order valence-electron chi connectivity index (χ2n) is 10.1. The van der Waals surface area contributed by atoms with Crippen molar-refractivity contribution in [2.75, 3.05) is 6.35 Å². The van der Waals surface area contributed by atoms with Crippen LogP contribution in [0.2, 0.25) is 0 Å². The zero-order chi connectivity index (χ0) is 22.8. The van der Waals surface area contributed by atoms with E-state index in [2.05, 4.69) is 91.0 Å². The molecule has 1 radical (unpaired) electrons. The smallest absolute Gasteiger partial charge is 0.171 e. The van der Waals surface area contributed by atoms with Gasteiger partial charge in [0.05, 0.1) is 6.10 Å². The Bertz CT molecular complexity index is 891. The summed E-state index contributed by atoms with van der Waals surface area (Å²) >= 11 is 0. The van der Waals surface area contributed by atoms with Crippen LogP contribution >= 0.6 is 7.26 Å². The molecule has 0 saturated carbocycles. The van der Waals surface area contributed by atoms with Crippen LogP contribution in [0, 0.1) is 0 Å². The summed E-state index contributed by atoms with van der Waals surface area (Å²) in [6, 6.07) is 32.4. The predicted octanol–water partition coefficient (Wildman–Crippen LogP) is 5.32. The lowest BCUT2D eigenvalue weighted by atomic mass is 9.80. The highest BCUT2D eigenvalue weighted by atomic mass is 31.2. The van der Waals surface area contributed by atoms with Gasteiger partial charge in [-0.05, 0) is 76.9 Å². The fourth-order valence-electron chi connectivity index (χ4n) is 5.22. The monoisotopic (exact) mass is 447 g/mol. The molecule has 1 saturated heterocycles. The molecule has 0 N–H and O–H groups in total. The molecule has 0 atom stereocenters. The summed E-state index contributed by atoms with van der Waals surface area (Å²) in [6.07, 6.45) is 2.14. The normalized spacial score (nSPS) is 19.0. The number of nitrogens with zero attached hydrogens (tertiary/aromatic N) is 1. The standard InChI is InChI=1S/C28H34NO2P/c1-27(2)20-23(21-28(3,4)29(27)30)31-22-32(24-14-8-5-9-15-24,25-16-10-6-11-17-25)26-18-12-7-13-19-26/h5-19,23H,20-22H2,1-4H3/q+1. The van der Waals surface area contributed by atoms with E-state index in [1.165, 1.54) is 21.0 Å². The molecule has 0 amide bonds. The van der Waals surface area contributed by atoms with Gasteiger partial charge in [0.1, 0.15) is 23.2 Å². The van der Waals surface area contributed by atoms with Crippen molar-refractivity contribution in [3.8, 4) is 0 Å². The Labute approximate surface area is 193 Å². The second-order valence-corrected chi connectivity index (χ2v) is 13.5. The molecular weight excluding hydrogens is 413 g/mol. The van der Waals surface area contributed by atoms with E-state index in [9.17, 15) is 5.21 Å². The van der Waals surface area contributed by atoms with E-state index in [4.69, 9.17) is 4.74 Å². The first kappa shape index (κ1) is 23.1. The quantitative estimate of drug-likeness (QED) is 0.479. The molecule has 1 fully saturated rings. The molecule has 0 unspecified atom stereocenters. The highest BCUT2D eigenvalue weighted by molar-refractivity contribution is 7.95. The van der Waals surface area contributed by atoms with Gasteiger partial charge in [-0.2, -0.15) is 0 Å². The lowest BCUT2D eigenvalue weighted by molar-refractivity contribution is -0.300. The number of piperidine rings is 1. The number of benzene rings is 3. The number of hydrogen-bond donors (Lipinski definition) is 0. The summed E-state index contributed by atoms with van der Waals surface area (Å²) in [5.41, 5.74) is -0.889. The molecule has 0 bridgehead atoms. The average molecular weight is 448 g/mol. The molecule has 0 aromatic heterocycles. The highest BCUT2D eigenvalue weighted by Crippen LogP contribution is 2.56. The second kappa shape index (κ2) is 9.08. The van der Waals surface area contributed by atoms with Crippen LogP contribution in [0.15, 0.2) is 91.0 Å². The Kier molecular flexibility index (Phi) is 6.56. The van der Waals surface area contributed by atoms with E-state index in [0.29, 0.717) is 6.35 Å². The molecule has 1 heterocycles. The van der Waals surface area contributed by atoms with E-state index in [-0.39, 0.29) is 6.10 Å². The van der Waals surface area contributed by atoms with Crippen molar-refractivity contribution < 1.29 is 9.94 Å². The van der Waals surface area contributed by atoms with E-state index < -0.39 is 18.3 Å². The maximum Gasteiger partial charge on any atom is 0.171 e. The van der Waals surface area contributed by atoms with Crippen LogP contribution in [0.1, 0.15) is 40.5 Å². The largest absolute Gasteiger partial charge is 0.342 e. The lowest BCUT2D eigenvalue weighted by Crippen LogP contribution is -2.60. The first-order valence-corrected chi connectivity index (χ1v) is 13.4. The Morgan fingerprint density at radius 1 is 0.719 bits per heavy atom. The maximum absolute atomic E-state index is 12.8. The molecule has 3 nitrogen and oxygen atoms in total. The van der Waals surface area contributed by atoms with Crippen molar-refractivity contribution in [2.24, 2.45) is 0 Å². The Balaban J connectivity index is 1.77. The maximum atomic E-state index is 12.8. The summed E-state index contributed by atoms with van der Waals surface area (Å²) in [7, 11) is -2.03. The number of ether oxygens (including phenoxy) is 1. The van der Waals surface area contributed by atoms with E-state index >= 15 is 0 Å². The fraction of sp³-hybridized carbons (Fsp3) is 0.357. The molecule has 4 heteroatoms. The average Bonchev–Trinajstić information content (AvgIpc) is 2.80. The van der Waals surface area contributed by atoms with Crippen LogP contribution in [-0.2, 0) is 9.94 Å². The lowest BCUT2D eigenvalue weighted by Gasteiger charge is -2.49. The third-order valence-corrected chi connectivity index (χ3v) is 10.7. The van der Waals surface area contributed by atoms with Gasteiger partial charge in [-0.1, -0.05) is 54.6 Å². The molecule has 0 spiro atoms. The molecular formula is C28H34NO2P+. The molecule has 0 aliphatic carbocycles. The Morgan fingerprint density at radius 2 is 1.06 bits per heavy atom. The van der Waals surface area contributed by atoms with Gasteiger partial charge in [0.15, 0.2) is 6.35 Å². The van der Waals surface area contributed by atoms with E-state index in [0.717, 1.165) is 12.8 Å². The number of rotatable bonds is 6. The number of hydroxylamine groups is 2. The van der Waals surface area contributed by atoms with Crippen molar-refractivity contribution in [2.45, 2.75) is 57.7 Å². The molecule has 3 aromatic carbocycles. The molecule has 167 valence electrons. The van der Waals surface area contributed by atoms with Gasteiger partial charge in [-0.25, -0.2) is 0 Å². The summed E-state index contributed by atoms with van der Waals surface area (Å²) in [5.74, 6) is 0. The Morgan fingerprint density at radius 3 is 1.41 bits per heavy atom. The van der Waals surface area contributed by atoms with Crippen LogP contribution in [0.4, 0.5) is 0 Å². The third-order valence-electron chi connectivity index (χ3n) is 6.65. The minimum Gasteiger partial charge on any atom is -0.342 e. The SMILES string of the molecule is CC1(C)CC(OC[P+](c2ccccc2)(c2ccccc2)c2ccccc2)CC(C)(C)N1[O]. The molecule has 32 heavy (non-hydrogen) atoms. The van der Waals surface area contributed by atoms with Gasteiger partial charge in [0.25, 0.3) is 0 Å². The molecule has 1 aliphatic heterocycles. The Hall–Kier alpha value is -2.03. The van der Waals surface area contributed by atoms with Gasteiger partial charge in [-0.3, -0.25) is 0 Å². The third kappa shape index (κ3) is 4.40. The highest BCUT2D eigenvalue weighted by Gasteiger charge is 2.50. The topological polar surface area (TPSA) is 32.4 Å². The molecule has 4 rings (SSSR count). The minimum atomic E-state index is -2.03. The van der Waals surface area contributed by atoms with E-state index in [1.54, 1.807) is 0 Å². The minimum absolute atomic E-state index is 0.0423. The molecule has 1 aliphatic rings. The van der Waals surface area contributed by atoms with E-state index in [1.807, 2.05) is 27.7 Å². The van der Waals surface area contributed by atoms with Crippen LogP contribution in [0.25, 0.3) is 0 Å². The first-order valence-electron chi connectivity index (χ1n) is 11.4. The van der Waals surface area contributed by atoms with Crippen molar-refractivity contribution in [3.05, 3.63) is 91.0 Å². The van der Waals surface area contributed by atoms with Crippen LogP contribution < -0.4 is 15.9 Å². The van der Waals surface area contributed by atoms with Gasteiger partial charge in [0, 0.05) is 11.1 Å². The zero-order valence-corrected chi connectivity index (χ0v) is 20.5. The summed E-state index contributed by atoms with van der Waals surface area (Å²) in [4.78, 5) is 0. The van der Waals surface area contributed by atoms with Crippen molar-refractivity contribution in [1.82, 2.24) is 5.06 Å². The summed E-state index contributed by atoms with van der Waals surface area (Å²) in [6.45, 7) is 8.13. The summed E-state index contributed by atoms with van der Waals surface area (Å²) in [5, 5.41) is 18.1. The van der Waals surface area contributed by atoms with Crippen LogP contribution in [-0.4, -0.2) is 28.6 Å². The van der Waals surface area contributed by atoms with Gasteiger partial charge in [0.2, 0.25) is 0 Å². The van der Waals surface area contributed by atoms with Crippen molar-refractivity contribution in [3.63, 3.8) is 0 Å². The van der Waals surface area contributed by atoms with Gasteiger partial charge >= 0.3 is 0 Å². The summed E-state index contributed by atoms with van der Waals surface area (Å²) < 4.78 is 6.82. The van der Waals surface area contributed by atoms with Gasteiger partial charge < -0.3 is 4.74 Å². The molecule has 3 aromatic rings. The van der Waals surface area contributed by atoms with Crippen LogP contribution in [0.3, 0.4) is 0 Å². The van der Waals surface area contributed by atoms with Crippen LogP contribution in [0.5, 0.6) is 0 Å². The predicted molar refractivity (Wildman–Crippen MR) is 135 cm³/mol. The zero-order valence-electron chi connectivity index (χ0n) is 19.6. The first-order chi connectivity index (χ1) is 15.3. The number of hydrogen-bond acceptors (Lipinski definition) is 2. The van der Waals surface area contributed by atoms with Gasteiger partial charge in [-0.15, -0.1) is 10.3 Å².